The van der Waals surface area contributed by atoms with E-state index in [1.54, 1.807) is 47.2 Å². The van der Waals surface area contributed by atoms with Crippen molar-refractivity contribution in [2.75, 3.05) is 10.6 Å². The fraction of sp³-hybridized carbons (Fsp3) is 0.100. The molecule has 4 N–H and O–H groups in total. The molecular weight excluding hydrogens is 885 g/mol. The molecule has 4 aromatic carbocycles. The number of rotatable bonds is 12. The number of carbonyl (C=O) groups is 4. The first-order chi connectivity index (χ1) is 26.3. The Hall–Kier alpha value is -5.09. The molecule has 0 saturated heterocycles. The summed E-state index contributed by atoms with van der Waals surface area (Å²) in [5, 5.41) is 28.4. The van der Waals surface area contributed by atoms with Crippen LogP contribution in [0.5, 0.6) is 0 Å². The van der Waals surface area contributed by atoms with E-state index in [2.05, 4.69) is 42.5 Å². The zero-order chi connectivity index (χ0) is 39.6. The van der Waals surface area contributed by atoms with E-state index in [0.717, 1.165) is 43.5 Å². The maximum Gasteiger partial charge on any atom is 0.339 e. The minimum absolute atomic E-state index is 0.00957. The number of aromatic carboxylic acids is 2. The zero-order valence-corrected chi connectivity index (χ0v) is 33.2. The maximum absolute atomic E-state index is 13.2. The van der Waals surface area contributed by atoms with E-state index in [4.69, 9.17) is 0 Å². The van der Waals surface area contributed by atoms with Gasteiger partial charge in [0.15, 0.2) is 11.6 Å². The van der Waals surface area contributed by atoms with Crippen molar-refractivity contribution in [1.29, 1.82) is 0 Å². The SMILES string of the molecule is O=C(CCc1ccc(F)c(F)c1)Nc1scc(-c2ccc(Br)cc2)c1C(=O)O.O=C(CCc1cccc(F)c1)Nc1scc(-c2ccc(Br)cc2)c1C(=O)O. The highest BCUT2D eigenvalue weighted by Crippen LogP contribution is 2.37. The number of anilines is 2. The molecular formula is C40H29Br2F3N2O6S2. The molecule has 0 radical (unpaired) electrons. The van der Waals surface area contributed by atoms with Gasteiger partial charge >= 0.3 is 11.9 Å². The van der Waals surface area contributed by atoms with Crippen molar-refractivity contribution in [2.45, 2.75) is 25.7 Å². The van der Waals surface area contributed by atoms with E-state index in [1.807, 2.05) is 24.3 Å². The number of carbonyl (C=O) groups excluding carboxylic acids is 2. The van der Waals surface area contributed by atoms with Crippen molar-refractivity contribution in [2.24, 2.45) is 0 Å². The summed E-state index contributed by atoms with van der Waals surface area (Å²) in [6.07, 6.45) is 0.719. The van der Waals surface area contributed by atoms with Gasteiger partial charge in [0.2, 0.25) is 11.8 Å². The van der Waals surface area contributed by atoms with Gasteiger partial charge in [-0.25, -0.2) is 22.8 Å². The summed E-state index contributed by atoms with van der Waals surface area (Å²) < 4.78 is 41.2. The predicted molar refractivity (Wildman–Crippen MR) is 215 cm³/mol. The van der Waals surface area contributed by atoms with Crippen LogP contribution in [0.3, 0.4) is 0 Å². The second kappa shape index (κ2) is 19.0. The molecule has 0 atom stereocenters. The molecule has 0 bridgehead atoms. The second-order valence-electron chi connectivity index (χ2n) is 11.8. The summed E-state index contributed by atoms with van der Waals surface area (Å²) in [5.41, 5.74) is 3.84. The number of carboxylic acid groups (broad SMARTS) is 2. The third-order valence-corrected chi connectivity index (χ3v) is 10.8. The van der Waals surface area contributed by atoms with E-state index < -0.39 is 29.5 Å². The molecule has 55 heavy (non-hydrogen) atoms. The highest BCUT2D eigenvalue weighted by Gasteiger charge is 2.22. The maximum atomic E-state index is 13.2. The van der Waals surface area contributed by atoms with Crippen LogP contribution in [-0.2, 0) is 22.4 Å². The van der Waals surface area contributed by atoms with Crippen LogP contribution in [0.15, 0.2) is 111 Å². The smallest absolute Gasteiger partial charge is 0.339 e. The van der Waals surface area contributed by atoms with Crippen molar-refractivity contribution in [3.05, 3.63) is 150 Å². The summed E-state index contributed by atoms with van der Waals surface area (Å²) in [6, 6.07) is 24.0. The summed E-state index contributed by atoms with van der Waals surface area (Å²) in [5.74, 6) is -5.23. The highest BCUT2D eigenvalue weighted by molar-refractivity contribution is 9.10. The van der Waals surface area contributed by atoms with Crippen molar-refractivity contribution < 1.29 is 42.6 Å². The standard InChI is InChI=1S/C20H14BrF2NO3S.C20H15BrFNO3S/c21-13-5-3-12(4-6-13)14-10-28-19(18(14)20(26)27)24-17(25)8-2-11-1-7-15(22)16(23)9-11;21-14-7-5-13(6-8-14)16-11-27-19(18(16)20(25)26)23-17(24)9-4-12-2-1-3-15(22)10-12/h1,3-7,9-10H,2,8H2,(H,24,25)(H,26,27);1-3,5-8,10-11H,4,9H2,(H,23,24)(H,25,26). The fourth-order valence-corrected chi connectivity index (χ4v) is 7.77. The van der Waals surface area contributed by atoms with E-state index in [9.17, 15) is 42.6 Å². The molecule has 15 heteroatoms. The van der Waals surface area contributed by atoms with Crippen molar-refractivity contribution in [3.8, 4) is 22.3 Å². The molecule has 282 valence electrons. The molecule has 0 spiro atoms. The summed E-state index contributed by atoms with van der Waals surface area (Å²) in [6.45, 7) is 0. The molecule has 0 aliphatic rings. The van der Waals surface area contributed by atoms with Gasteiger partial charge in [-0.3, -0.25) is 9.59 Å². The number of nitrogens with one attached hydrogen (secondary N) is 2. The van der Waals surface area contributed by atoms with E-state index in [0.29, 0.717) is 33.7 Å². The Morgan fingerprint density at radius 2 is 1.04 bits per heavy atom. The van der Waals surface area contributed by atoms with Gasteiger partial charge in [0, 0.05) is 43.7 Å². The van der Waals surface area contributed by atoms with Gasteiger partial charge in [-0.1, -0.05) is 74.3 Å². The van der Waals surface area contributed by atoms with Gasteiger partial charge < -0.3 is 20.8 Å². The minimum atomic E-state index is -1.14. The Balaban J connectivity index is 0.000000211. The number of carboxylic acids is 2. The van der Waals surface area contributed by atoms with Gasteiger partial charge in [0.1, 0.15) is 26.9 Å². The molecule has 0 aliphatic carbocycles. The second-order valence-corrected chi connectivity index (χ2v) is 15.4. The Bertz CT molecular complexity index is 2350. The summed E-state index contributed by atoms with van der Waals surface area (Å²) in [4.78, 5) is 48.0. The number of aryl methyl sites for hydroxylation is 2. The van der Waals surface area contributed by atoms with Gasteiger partial charge in [0.05, 0.1) is 0 Å². The average molecular weight is 915 g/mol. The molecule has 0 aliphatic heterocycles. The number of amides is 2. The van der Waals surface area contributed by atoms with Gasteiger partial charge in [-0.15, -0.1) is 22.7 Å². The molecule has 0 saturated carbocycles. The van der Waals surface area contributed by atoms with Crippen LogP contribution in [-0.4, -0.2) is 34.0 Å². The number of halogens is 5. The van der Waals surface area contributed by atoms with Crippen molar-refractivity contribution >= 4 is 88.3 Å². The van der Waals surface area contributed by atoms with Crippen molar-refractivity contribution in [1.82, 2.24) is 0 Å². The molecule has 2 amide bonds. The third kappa shape index (κ3) is 11.2. The quantitative estimate of drug-likeness (QED) is 0.0966. The first kappa shape index (κ1) is 41.1. The number of thiophene rings is 2. The van der Waals surface area contributed by atoms with Crippen LogP contribution >= 0.6 is 54.5 Å². The van der Waals surface area contributed by atoms with E-state index in [1.165, 1.54) is 29.5 Å². The lowest BCUT2D eigenvalue weighted by molar-refractivity contribution is -0.117. The van der Waals surface area contributed by atoms with Crippen molar-refractivity contribution in [3.63, 3.8) is 0 Å². The van der Waals surface area contributed by atoms with Crippen LogP contribution in [0.25, 0.3) is 22.3 Å². The van der Waals surface area contributed by atoms with Crippen LogP contribution < -0.4 is 10.6 Å². The van der Waals surface area contributed by atoms with E-state index >= 15 is 0 Å². The van der Waals surface area contributed by atoms with Gasteiger partial charge in [-0.05, 0) is 83.6 Å². The van der Waals surface area contributed by atoms with E-state index in [-0.39, 0.29) is 47.1 Å². The molecule has 0 fully saturated rings. The fourth-order valence-electron chi connectivity index (χ4n) is 5.29. The Morgan fingerprint density at radius 1 is 0.582 bits per heavy atom. The largest absolute Gasteiger partial charge is 0.478 e. The van der Waals surface area contributed by atoms with Crippen LogP contribution in [0, 0.1) is 17.5 Å². The van der Waals surface area contributed by atoms with Crippen LogP contribution in [0.4, 0.5) is 23.2 Å². The summed E-state index contributed by atoms with van der Waals surface area (Å²) >= 11 is 8.98. The first-order valence-corrected chi connectivity index (χ1v) is 19.6. The van der Waals surface area contributed by atoms with Crippen LogP contribution in [0.1, 0.15) is 44.7 Å². The van der Waals surface area contributed by atoms with Gasteiger partial charge in [-0.2, -0.15) is 0 Å². The normalized spacial score (nSPS) is 10.6. The molecule has 2 aromatic heterocycles. The minimum Gasteiger partial charge on any atom is -0.478 e. The number of hydrogen-bond acceptors (Lipinski definition) is 6. The molecule has 6 aromatic rings. The number of benzene rings is 4. The lowest BCUT2D eigenvalue weighted by Gasteiger charge is -2.07. The van der Waals surface area contributed by atoms with Gasteiger partial charge in [0.25, 0.3) is 0 Å². The molecule has 6 rings (SSSR count). The predicted octanol–water partition coefficient (Wildman–Crippen LogP) is 11.3. The number of hydrogen-bond donors (Lipinski definition) is 4. The summed E-state index contributed by atoms with van der Waals surface area (Å²) in [7, 11) is 0. The Kier molecular flexibility index (Phi) is 14.2. The Morgan fingerprint density at radius 3 is 1.45 bits per heavy atom. The highest BCUT2D eigenvalue weighted by atomic mass is 79.9. The Labute approximate surface area is 337 Å². The first-order valence-electron chi connectivity index (χ1n) is 16.3. The lowest BCUT2D eigenvalue weighted by Crippen LogP contribution is -2.14. The molecule has 2 heterocycles. The zero-order valence-electron chi connectivity index (χ0n) is 28.4. The van der Waals surface area contributed by atoms with Crippen LogP contribution in [0.2, 0.25) is 0 Å². The molecule has 0 unspecified atom stereocenters. The third-order valence-electron chi connectivity index (χ3n) is 7.98. The molecule has 8 nitrogen and oxygen atoms in total. The topological polar surface area (TPSA) is 133 Å². The monoisotopic (exact) mass is 912 g/mol. The average Bonchev–Trinajstić information content (AvgIpc) is 3.77. The lowest BCUT2D eigenvalue weighted by atomic mass is 10.0.